The second-order valence-corrected chi connectivity index (χ2v) is 6.21. The van der Waals surface area contributed by atoms with Crippen molar-refractivity contribution >= 4 is 28.3 Å². The van der Waals surface area contributed by atoms with E-state index >= 15 is 0 Å². The lowest BCUT2D eigenvalue weighted by atomic mass is 10.1. The van der Waals surface area contributed by atoms with Gasteiger partial charge in [-0.1, -0.05) is 30.3 Å². The van der Waals surface area contributed by atoms with Crippen LogP contribution in [0, 0.1) is 0 Å². The van der Waals surface area contributed by atoms with Crippen LogP contribution in [0.3, 0.4) is 0 Å². The summed E-state index contributed by atoms with van der Waals surface area (Å²) in [7, 11) is 2.95. The van der Waals surface area contributed by atoms with Crippen molar-refractivity contribution in [3.8, 4) is 11.3 Å². The minimum atomic E-state index is -0.347. The second kappa shape index (κ2) is 9.87. The van der Waals surface area contributed by atoms with E-state index in [4.69, 9.17) is 9.47 Å². The maximum Gasteiger partial charge on any atom is 0.310 e. The number of rotatable bonds is 9. The number of carbonyl (C=O) groups excluding carboxylic acids is 2. The lowest BCUT2D eigenvalue weighted by Gasteiger charge is -2.03. The quantitative estimate of drug-likeness (QED) is 0.521. The Kier molecular flexibility index (Phi) is 7.52. The van der Waals surface area contributed by atoms with Crippen LogP contribution in [0.25, 0.3) is 11.3 Å². The SMILES string of the molecule is COCCNCC(=O)Nc1nc(-c2ccccc2)c(CC(=O)OC)s1. The van der Waals surface area contributed by atoms with Crippen LogP contribution in [-0.4, -0.2) is 50.8 Å². The van der Waals surface area contributed by atoms with Crippen LogP contribution in [0.4, 0.5) is 5.13 Å². The van der Waals surface area contributed by atoms with E-state index in [0.29, 0.717) is 24.0 Å². The van der Waals surface area contributed by atoms with Crippen molar-refractivity contribution in [1.29, 1.82) is 0 Å². The molecule has 2 aromatic rings. The Labute approximate surface area is 150 Å². The fourth-order valence-corrected chi connectivity index (χ4v) is 3.07. The molecule has 0 atom stereocenters. The number of carbonyl (C=O) groups is 2. The zero-order valence-electron chi connectivity index (χ0n) is 14.2. The molecular formula is C17H21N3O4S. The molecule has 0 fully saturated rings. The minimum Gasteiger partial charge on any atom is -0.469 e. The Morgan fingerprint density at radius 2 is 1.96 bits per heavy atom. The van der Waals surface area contributed by atoms with Crippen LogP contribution in [0.2, 0.25) is 0 Å². The molecule has 0 saturated heterocycles. The van der Waals surface area contributed by atoms with Crippen LogP contribution < -0.4 is 10.6 Å². The number of anilines is 1. The summed E-state index contributed by atoms with van der Waals surface area (Å²) >= 11 is 1.27. The molecule has 0 aliphatic carbocycles. The average Bonchev–Trinajstić information content (AvgIpc) is 3.01. The van der Waals surface area contributed by atoms with Gasteiger partial charge in [-0.2, -0.15) is 0 Å². The summed E-state index contributed by atoms with van der Waals surface area (Å²) in [5.74, 6) is -0.547. The highest BCUT2D eigenvalue weighted by Crippen LogP contribution is 2.31. The third-order valence-electron chi connectivity index (χ3n) is 3.29. The predicted molar refractivity (Wildman–Crippen MR) is 96.6 cm³/mol. The van der Waals surface area contributed by atoms with Crippen molar-refractivity contribution in [2.75, 3.05) is 39.2 Å². The van der Waals surface area contributed by atoms with E-state index in [-0.39, 0.29) is 24.8 Å². The molecule has 0 aliphatic rings. The lowest BCUT2D eigenvalue weighted by molar-refractivity contribution is -0.139. The van der Waals surface area contributed by atoms with Crippen LogP contribution >= 0.6 is 11.3 Å². The highest BCUT2D eigenvalue weighted by atomic mass is 32.1. The Balaban J connectivity index is 2.11. The molecule has 0 unspecified atom stereocenters. The zero-order valence-corrected chi connectivity index (χ0v) is 15.0. The number of nitrogens with zero attached hydrogens (tertiary/aromatic N) is 1. The summed E-state index contributed by atoms with van der Waals surface area (Å²) in [6, 6.07) is 9.52. The Hall–Kier alpha value is -2.29. The fourth-order valence-electron chi connectivity index (χ4n) is 2.09. The number of benzene rings is 1. The third kappa shape index (κ3) is 5.93. The molecule has 7 nitrogen and oxygen atoms in total. The van der Waals surface area contributed by atoms with E-state index < -0.39 is 0 Å². The van der Waals surface area contributed by atoms with E-state index in [1.165, 1.54) is 18.4 Å². The monoisotopic (exact) mass is 363 g/mol. The van der Waals surface area contributed by atoms with E-state index in [1.54, 1.807) is 7.11 Å². The fraction of sp³-hybridized carbons (Fsp3) is 0.353. The number of thiazole rings is 1. The van der Waals surface area contributed by atoms with Crippen molar-refractivity contribution in [1.82, 2.24) is 10.3 Å². The van der Waals surface area contributed by atoms with E-state index in [1.807, 2.05) is 30.3 Å². The highest BCUT2D eigenvalue weighted by molar-refractivity contribution is 7.16. The molecule has 134 valence electrons. The van der Waals surface area contributed by atoms with Gasteiger partial charge in [0.15, 0.2) is 5.13 Å². The van der Waals surface area contributed by atoms with Crippen molar-refractivity contribution < 1.29 is 19.1 Å². The van der Waals surface area contributed by atoms with Gasteiger partial charge in [0, 0.05) is 24.1 Å². The number of hydrogen-bond donors (Lipinski definition) is 2. The van der Waals surface area contributed by atoms with Crippen molar-refractivity contribution in [2.24, 2.45) is 0 Å². The van der Waals surface area contributed by atoms with Crippen LogP contribution in [-0.2, 0) is 25.5 Å². The van der Waals surface area contributed by atoms with Gasteiger partial charge in [-0.05, 0) is 0 Å². The lowest BCUT2D eigenvalue weighted by Crippen LogP contribution is -2.30. The summed E-state index contributed by atoms with van der Waals surface area (Å²) in [5, 5.41) is 6.18. The van der Waals surface area contributed by atoms with Crippen molar-refractivity contribution in [3.05, 3.63) is 35.2 Å². The highest BCUT2D eigenvalue weighted by Gasteiger charge is 2.17. The first kappa shape index (κ1) is 19.0. The molecule has 2 N–H and O–H groups in total. The summed E-state index contributed by atoms with van der Waals surface area (Å²) in [5.41, 5.74) is 1.56. The number of nitrogens with one attached hydrogen (secondary N) is 2. The summed E-state index contributed by atoms with van der Waals surface area (Å²) < 4.78 is 9.65. The number of esters is 1. The first-order chi connectivity index (χ1) is 12.1. The maximum atomic E-state index is 12.0. The van der Waals surface area contributed by atoms with Crippen molar-refractivity contribution in [3.63, 3.8) is 0 Å². The number of methoxy groups -OCH3 is 2. The smallest absolute Gasteiger partial charge is 0.310 e. The topological polar surface area (TPSA) is 89.5 Å². The number of ether oxygens (including phenoxy) is 2. The molecule has 0 bridgehead atoms. The van der Waals surface area contributed by atoms with Crippen molar-refractivity contribution in [2.45, 2.75) is 6.42 Å². The van der Waals surface area contributed by atoms with E-state index in [2.05, 4.69) is 15.6 Å². The molecular weight excluding hydrogens is 342 g/mol. The molecule has 0 saturated carbocycles. The summed E-state index contributed by atoms with van der Waals surface area (Å²) in [4.78, 5) is 28.8. The van der Waals surface area contributed by atoms with Gasteiger partial charge in [0.05, 0.1) is 32.4 Å². The zero-order chi connectivity index (χ0) is 18.1. The van der Waals surface area contributed by atoms with Gasteiger partial charge in [0.1, 0.15) is 0 Å². The molecule has 0 spiro atoms. The Morgan fingerprint density at radius 3 is 2.64 bits per heavy atom. The Morgan fingerprint density at radius 1 is 1.20 bits per heavy atom. The van der Waals surface area contributed by atoms with Gasteiger partial charge in [-0.15, -0.1) is 11.3 Å². The van der Waals surface area contributed by atoms with Crippen LogP contribution in [0.5, 0.6) is 0 Å². The van der Waals surface area contributed by atoms with Gasteiger partial charge < -0.3 is 20.1 Å². The second-order valence-electron chi connectivity index (χ2n) is 5.13. The maximum absolute atomic E-state index is 12.0. The van der Waals surface area contributed by atoms with Gasteiger partial charge in [0.2, 0.25) is 5.91 Å². The molecule has 1 amide bonds. The molecule has 8 heteroatoms. The molecule has 1 heterocycles. The average molecular weight is 363 g/mol. The summed E-state index contributed by atoms with van der Waals surface area (Å²) in [6.45, 7) is 1.28. The predicted octanol–water partition coefficient (Wildman–Crippen LogP) is 1.70. The first-order valence-corrected chi connectivity index (χ1v) is 8.57. The Bertz CT molecular complexity index is 703. The third-order valence-corrected chi connectivity index (χ3v) is 4.26. The van der Waals surface area contributed by atoms with Gasteiger partial charge >= 0.3 is 5.97 Å². The van der Waals surface area contributed by atoms with E-state index in [9.17, 15) is 9.59 Å². The normalized spacial score (nSPS) is 10.5. The molecule has 2 rings (SSSR count). The molecule has 0 aliphatic heterocycles. The largest absolute Gasteiger partial charge is 0.469 e. The summed E-state index contributed by atoms with van der Waals surface area (Å²) in [6.07, 6.45) is 0.111. The van der Waals surface area contributed by atoms with Gasteiger partial charge in [-0.3, -0.25) is 9.59 Å². The molecule has 1 aromatic carbocycles. The van der Waals surface area contributed by atoms with Gasteiger partial charge in [0.25, 0.3) is 0 Å². The standard InChI is InChI=1S/C17H21N3O4S/c1-23-9-8-18-11-14(21)19-17-20-16(12-6-4-3-5-7-12)13(25-17)10-15(22)24-2/h3-7,18H,8-11H2,1-2H3,(H,19,20,21). The van der Waals surface area contributed by atoms with Crippen LogP contribution in [0.1, 0.15) is 4.88 Å². The van der Waals surface area contributed by atoms with Gasteiger partial charge in [-0.25, -0.2) is 4.98 Å². The number of amides is 1. The molecule has 0 radical (unpaired) electrons. The minimum absolute atomic E-state index is 0.111. The number of aromatic nitrogens is 1. The molecule has 1 aromatic heterocycles. The number of hydrogen-bond acceptors (Lipinski definition) is 7. The van der Waals surface area contributed by atoms with Crippen LogP contribution in [0.15, 0.2) is 30.3 Å². The first-order valence-electron chi connectivity index (χ1n) is 7.75. The van der Waals surface area contributed by atoms with E-state index in [0.717, 1.165) is 10.4 Å². The molecule has 25 heavy (non-hydrogen) atoms.